The molecule has 0 saturated heterocycles. The Morgan fingerprint density at radius 2 is 1.80 bits per heavy atom. The lowest BCUT2D eigenvalue weighted by Crippen LogP contribution is -2.31. The highest BCUT2D eigenvalue weighted by atomic mass is 35.5. The highest BCUT2D eigenvalue weighted by Crippen LogP contribution is 2.17. The van der Waals surface area contributed by atoms with Crippen LogP contribution >= 0.6 is 11.6 Å². The van der Waals surface area contributed by atoms with Crippen molar-refractivity contribution >= 4 is 29.2 Å². The third kappa shape index (κ3) is 6.12. The first-order valence-electron chi connectivity index (χ1n) is 7.80. The Labute approximate surface area is 151 Å². The Morgan fingerprint density at radius 1 is 1.12 bits per heavy atom. The molecule has 1 unspecified atom stereocenters. The standard InChI is InChI=1S/C19H20ClNO4/c1-12-7-13(2)9-17(8-12)24-11-18(22)25-14(3)19(23)21-16-6-4-5-15(20)10-16/h4-10,14H,11H2,1-3H3,(H,21,23). The van der Waals surface area contributed by atoms with Crippen LogP contribution in [0.4, 0.5) is 5.69 Å². The molecular weight excluding hydrogens is 342 g/mol. The van der Waals surface area contributed by atoms with Gasteiger partial charge >= 0.3 is 5.97 Å². The zero-order valence-electron chi connectivity index (χ0n) is 14.3. The summed E-state index contributed by atoms with van der Waals surface area (Å²) < 4.78 is 10.5. The van der Waals surface area contributed by atoms with Gasteiger partial charge in [0.2, 0.25) is 0 Å². The molecule has 1 N–H and O–H groups in total. The van der Waals surface area contributed by atoms with Crippen LogP contribution in [0.2, 0.25) is 5.02 Å². The third-order valence-corrected chi connectivity index (χ3v) is 3.56. The van der Waals surface area contributed by atoms with Gasteiger partial charge in [0.1, 0.15) is 5.75 Å². The molecule has 1 atom stereocenters. The van der Waals surface area contributed by atoms with Crippen LogP contribution in [0.5, 0.6) is 5.75 Å². The summed E-state index contributed by atoms with van der Waals surface area (Å²) in [5.41, 5.74) is 2.61. The van der Waals surface area contributed by atoms with Crippen LogP contribution in [-0.4, -0.2) is 24.6 Å². The average molecular weight is 362 g/mol. The number of carbonyl (C=O) groups is 2. The van der Waals surface area contributed by atoms with Crippen molar-refractivity contribution in [1.82, 2.24) is 0 Å². The summed E-state index contributed by atoms with van der Waals surface area (Å²) in [7, 11) is 0. The lowest BCUT2D eigenvalue weighted by Gasteiger charge is -2.14. The number of nitrogens with one attached hydrogen (secondary N) is 1. The van der Waals surface area contributed by atoms with Crippen molar-refractivity contribution in [3.05, 3.63) is 58.6 Å². The number of benzene rings is 2. The zero-order chi connectivity index (χ0) is 18.4. The first-order valence-corrected chi connectivity index (χ1v) is 8.18. The summed E-state index contributed by atoms with van der Waals surface area (Å²) in [6, 6.07) is 12.4. The molecular formula is C19H20ClNO4. The number of rotatable bonds is 6. The van der Waals surface area contributed by atoms with E-state index in [1.54, 1.807) is 24.3 Å². The second-order valence-corrected chi connectivity index (χ2v) is 6.18. The van der Waals surface area contributed by atoms with Gasteiger partial charge in [0.15, 0.2) is 12.7 Å². The number of halogens is 1. The van der Waals surface area contributed by atoms with E-state index in [0.29, 0.717) is 16.5 Å². The lowest BCUT2D eigenvalue weighted by atomic mass is 10.1. The van der Waals surface area contributed by atoms with Crippen molar-refractivity contribution < 1.29 is 19.1 Å². The number of anilines is 1. The van der Waals surface area contributed by atoms with E-state index in [2.05, 4.69) is 5.32 Å². The topological polar surface area (TPSA) is 64.6 Å². The maximum absolute atomic E-state index is 12.1. The summed E-state index contributed by atoms with van der Waals surface area (Å²) in [5.74, 6) is -0.472. The molecule has 0 aromatic heterocycles. The Hall–Kier alpha value is -2.53. The molecule has 25 heavy (non-hydrogen) atoms. The van der Waals surface area contributed by atoms with Crippen LogP contribution in [-0.2, 0) is 14.3 Å². The molecule has 0 radical (unpaired) electrons. The van der Waals surface area contributed by atoms with Gasteiger partial charge in [-0.05, 0) is 62.2 Å². The number of hydrogen-bond acceptors (Lipinski definition) is 4. The van der Waals surface area contributed by atoms with E-state index in [1.165, 1.54) is 6.92 Å². The summed E-state index contributed by atoms with van der Waals surface area (Å²) in [6.45, 7) is 5.12. The maximum Gasteiger partial charge on any atom is 0.344 e. The van der Waals surface area contributed by atoms with E-state index in [0.717, 1.165) is 11.1 Å². The zero-order valence-corrected chi connectivity index (χ0v) is 15.1. The molecule has 0 aliphatic heterocycles. The normalized spacial score (nSPS) is 11.5. The fourth-order valence-corrected chi connectivity index (χ4v) is 2.44. The van der Waals surface area contributed by atoms with Crippen molar-refractivity contribution in [2.24, 2.45) is 0 Å². The second-order valence-electron chi connectivity index (χ2n) is 5.74. The van der Waals surface area contributed by atoms with Crippen LogP contribution in [0.3, 0.4) is 0 Å². The number of hydrogen-bond donors (Lipinski definition) is 1. The molecule has 0 aliphatic rings. The predicted molar refractivity (Wildman–Crippen MR) is 97.0 cm³/mol. The van der Waals surface area contributed by atoms with Crippen molar-refractivity contribution in [2.75, 3.05) is 11.9 Å². The van der Waals surface area contributed by atoms with E-state index in [9.17, 15) is 9.59 Å². The van der Waals surface area contributed by atoms with E-state index in [1.807, 2.05) is 32.0 Å². The first kappa shape index (κ1) is 18.8. The Kier molecular flexibility index (Phi) is 6.42. The number of ether oxygens (including phenoxy) is 2. The van der Waals surface area contributed by atoms with Crippen molar-refractivity contribution in [2.45, 2.75) is 26.9 Å². The SMILES string of the molecule is Cc1cc(C)cc(OCC(=O)OC(C)C(=O)Nc2cccc(Cl)c2)c1. The molecule has 2 rings (SSSR count). The fourth-order valence-electron chi connectivity index (χ4n) is 2.25. The minimum atomic E-state index is -0.950. The molecule has 0 saturated carbocycles. The molecule has 0 aliphatic carbocycles. The third-order valence-electron chi connectivity index (χ3n) is 3.32. The Bertz CT molecular complexity index is 756. The molecule has 2 aromatic rings. The van der Waals surface area contributed by atoms with E-state index >= 15 is 0 Å². The molecule has 132 valence electrons. The van der Waals surface area contributed by atoms with Crippen LogP contribution in [0.25, 0.3) is 0 Å². The smallest absolute Gasteiger partial charge is 0.344 e. The number of amides is 1. The molecule has 0 spiro atoms. The van der Waals surface area contributed by atoms with E-state index in [4.69, 9.17) is 21.1 Å². The second kappa shape index (κ2) is 8.53. The average Bonchev–Trinajstić information content (AvgIpc) is 2.52. The highest BCUT2D eigenvalue weighted by molar-refractivity contribution is 6.30. The maximum atomic E-state index is 12.1. The van der Waals surface area contributed by atoms with Gasteiger partial charge < -0.3 is 14.8 Å². The Morgan fingerprint density at radius 3 is 2.44 bits per heavy atom. The number of esters is 1. The summed E-state index contributed by atoms with van der Waals surface area (Å²) >= 11 is 5.86. The molecule has 6 heteroatoms. The molecule has 1 amide bonds. The fraction of sp³-hybridized carbons (Fsp3) is 0.263. The van der Waals surface area contributed by atoms with Crippen LogP contribution < -0.4 is 10.1 Å². The minimum absolute atomic E-state index is 0.266. The van der Waals surface area contributed by atoms with E-state index < -0.39 is 18.0 Å². The van der Waals surface area contributed by atoms with Gasteiger partial charge in [-0.1, -0.05) is 23.7 Å². The summed E-state index contributed by atoms with van der Waals surface area (Å²) in [4.78, 5) is 23.9. The van der Waals surface area contributed by atoms with Gasteiger partial charge in [-0.25, -0.2) is 4.79 Å². The van der Waals surface area contributed by atoms with Gasteiger partial charge in [-0.3, -0.25) is 4.79 Å². The summed E-state index contributed by atoms with van der Waals surface area (Å²) in [6.07, 6.45) is -0.950. The van der Waals surface area contributed by atoms with Crippen LogP contribution in [0.15, 0.2) is 42.5 Å². The van der Waals surface area contributed by atoms with Crippen LogP contribution in [0.1, 0.15) is 18.1 Å². The number of aryl methyl sites for hydroxylation is 2. The molecule has 5 nitrogen and oxygen atoms in total. The first-order chi connectivity index (χ1) is 11.8. The van der Waals surface area contributed by atoms with Gasteiger partial charge in [0, 0.05) is 10.7 Å². The highest BCUT2D eigenvalue weighted by Gasteiger charge is 2.18. The van der Waals surface area contributed by atoms with Gasteiger partial charge in [-0.2, -0.15) is 0 Å². The quantitative estimate of drug-likeness (QED) is 0.792. The van der Waals surface area contributed by atoms with Crippen molar-refractivity contribution in [1.29, 1.82) is 0 Å². The largest absolute Gasteiger partial charge is 0.482 e. The van der Waals surface area contributed by atoms with Crippen molar-refractivity contribution in [3.8, 4) is 5.75 Å². The van der Waals surface area contributed by atoms with Gasteiger partial charge in [0.25, 0.3) is 5.91 Å². The molecule has 0 fully saturated rings. The molecule has 2 aromatic carbocycles. The monoisotopic (exact) mass is 361 g/mol. The van der Waals surface area contributed by atoms with Gasteiger partial charge in [-0.15, -0.1) is 0 Å². The summed E-state index contributed by atoms with van der Waals surface area (Å²) in [5, 5.41) is 3.14. The molecule has 0 heterocycles. The van der Waals surface area contributed by atoms with E-state index in [-0.39, 0.29) is 6.61 Å². The van der Waals surface area contributed by atoms with Crippen LogP contribution in [0, 0.1) is 13.8 Å². The molecule has 0 bridgehead atoms. The van der Waals surface area contributed by atoms with Crippen molar-refractivity contribution in [3.63, 3.8) is 0 Å². The predicted octanol–water partition coefficient (Wildman–Crippen LogP) is 3.91. The lowest BCUT2D eigenvalue weighted by molar-refractivity contribution is -0.155. The number of carbonyl (C=O) groups excluding carboxylic acids is 2. The minimum Gasteiger partial charge on any atom is -0.482 e. The van der Waals surface area contributed by atoms with Gasteiger partial charge in [0.05, 0.1) is 0 Å². The Balaban J connectivity index is 1.83.